The third-order valence-corrected chi connectivity index (χ3v) is 7.56. The molecule has 1 saturated heterocycles. The highest BCUT2D eigenvalue weighted by Gasteiger charge is 2.46. The van der Waals surface area contributed by atoms with Gasteiger partial charge in [0.05, 0.1) is 29.5 Å². The second kappa shape index (κ2) is 10.0. The molecule has 1 amide bonds. The van der Waals surface area contributed by atoms with Gasteiger partial charge in [-0.1, -0.05) is 0 Å². The number of sulfonamides is 1. The van der Waals surface area contributed by atoms with Crippen LogP contribution in [-0.2, 0) is 27.5 Å². The standard InChI is InChI=1S/C22H20F5N5O4S/c1-36-21-13(12-31(30-21)15-4-7-18(28-11-15)22(25,26)27)10-29-20(33)19-17(24)8-9-32(19)37(34,35)16-5-2-14(23)3-6-16/h2-7,11-12,17,19H,8-10H2,1H3,(H,29,33). The average Bonchev–Trinajstić information content (AvgIpc) is 3.46. The number of methoxy groups -OCH3 is 1. The quantitative estimate of drug-likeness (QED) is 0.458. The maximum atomic E-state index is 14.7. The van der Waals surface area contributed by atoms with Crippen molar-refractivity contribution in [2.24, 2.45) is 0 Å². The maximum Gasteiger partial charge on any atom is 0.433 e. The Kier molecular flexibility index (Phi) is 7.19. The van der Waals surface area contributed by atoms with Gasteiger partial charge in [-0.05, 0) is 42.8 Å². The van der Waals surface area contributed by atoms with E-state index in [0.29, 0.717) is 0 Å². The van der Waals surface area contributed by atoms with Gasteiger partial charge in [-0.3, -0.25) is 4.79 Å². The van der Waals surface area contributed by atoms with E-state index < -0.39 is 45.8 Å². The van der Waals surface area contributed by atoms with Crippen molar-refractivity contribution >= 4 is 15.9 Å². The topological polar surface area (TPSA) is 106 Å². The Labute approximate surface area is 207 Å². The van der Waals surface area contributed by atoms with Crippen LogP contribution < -0.4 is 10.1 Å². The third kappa shape index (κ3) is 5.41. The zero-order chi connectivity index (χ0) is 27.0. The third-order valence-electron chi connectivity index (χ3n) is 5.67. The Morgan fingerprint density at radius 1 is 1.19 bits per heavy atom. The van der Waals surface area contributed by atoms with Crippen LogP contribution in [0, 0.1) is 5.82 Å². The molecule has 0 spiro atoms. The predicted molar refractivity (Wildman–Crippen MR) is 118 cm³/mol. The van der Waals surface area contributed by atoms with Gasteiger partial charge in [0.2, 0.25) is 21.8 Å². The monoisotopic (exact) mass is 545 g/mol. The highest BCUT2D eigenvalue weighted by Crippen LogP contribution is 2.30. The summed E-state index contributed by atoms with van der Waals surface area (Å²) < 4.78 is 99.2. The van der Waals surface area contributed by atoms with E-state index in [9.17, 15) is 35.2 Å². The number of hydrogen-bond donors (Lipinski definition) is 1. The van der Waals surface area contributed by atoms with E-state index in [1.807, 2.05) is 0 Å². The number of amides is 1. The predicted octanol–water partition coefficient (Wildman–Crippen LogP) is 2.85. The maximum absolute atomic E-state index is 14.7. The number of pyridine rings is 1. The molecule has 3 heterocycles. The number of carbonyl (C=O) groups excluding carboxylic acids is 1. The minimum Gasteiger partial charge on any atom is -0.480 e. The molecule has 4 rings (SSSR count). The van der Waals surface area contributed by atoms with E-state index in [1.54, 1.807) is 0 Å². The Morgan fingerprint density at radius 3 is 2.49 bits per heavy atom. The summed E-state index contributed by atoms with van der Waals surface area (Å²) >= 11 is 0. The van der Waals surface area contributed by atoms with Crippen molar-refractivity contribution in [3.05, 3.63) is 65.9 Å². The van der Waals surface area contributed by atoms with Gasteiger partial charge < -0.3 is 10.1 Å². The van der Waals surface area contributed by atoms with Crippen LogP contribution in [0.15, 0.2) is 53.7 Å². The number of nitrogens with zero attached hydrogens (tertiary/aromatic N) is 4. The molecule has 2 unspecified atom stereocenters. The van der Waals surface area contributed by atoms with Crippen LogP contribution in [-0.4, -0.2) is 59.3 Å². The van der Waals surface area contributed by atoms with Gasteiger partial charge in [-0.15, -0.1) is 5.10 Å². The first-order valence-corrected chi connectivity index (χ1v) is 12.2. The molecule has 15 heteroatoms. The van der Waals surface area contributed by atoms with Crippen LogP contribution in [0.5, 0.6) is 5.88 Å². The zero-order valence-electron chi connectivity index (χ0n) is 19.1. The molecule has 1 aliphatic rings. The largest absolute Gasteiger partial charge is 0.480 e. The number of carbonyl (C=O) groups is 1. The number of ether oxygens (including phenoxy) is 1. The number of aromatic nitrogens is 3. The summed E-state index contributed by atoms with van der Waals surface area (Å²) in [6.07, 6.45) is -4.26. The molecule has 198 valence electrons. The first-order chi connectivity index (χ1) is 17.4. The lowest BCUT2D eigenvalue weighted by atomic mass is 10.2. The Morgan fingerprint density at radius 2 is 1.89 bits per heavy atom. The fourth-order valence-corrected chi connectivity index (χ4v) is 5.45. The molecule has 1 N–H and O–H groups in total. The smallest absolute Gasteiger partial charge is 0.433 e. The van der Waals surface area contributed by atoms with E-state index in [4.69, 9.17) is 4.74 Å². The van der Waals surface area contributed by atoms with Crippen LogP contribution in [0.25, 0.3) is 5.69 Å². The van der Waals surface area contributed by atoms with Crippen LogP contribution in [0.3, 0.4) is 0 Å². The van der Waals surface area contributed by atoms with Gasteiger partial charge in [0.25, 0.3) is 0 Å². The molecule has 0 radical (unpaired) electrons. The van der Waals surface area contributed by atoms with Gasteiger partial charge >= 0.3 is 6.18 Å². The molecule has 9 nitrogen and oxygen atoms in total. The molecular formula is C22H20F5N5O4S. The SMILES string of the molecule is COc1nn(-c2ccc(C(F)(F)F)nc2)cc1CNC(=O)C1C(F)CCN1S(=O)(=O)c1ccc(F)cc1. The summed E-state index contributed by atoms with van der Waals surface area (Å²) in [4.78, 5) is 16.0. The van der Waals surface area contributed by atoms with Crippen molar-refractivity contribution in [2.45, 2.75) is 36.3 Å². The highest BCUT2D eigenvalue weighted by molar-refractivity contribution is 7.89. The second-order valence-corrected chi connectivity index (χ2v) is 9.94. The van der Waals surface area contributed by atoms with Crippen LogP contribution >= 0.6 is 0 Å². The molecule has 0 saturated carbocycles. The molecule has 3 aromatic rings. The molecule has 1 aliphatic heterocycles. The van der Waals surface area contributed by atoms with Gasteiger partial charge in [-0.25, -0.2) is 26.9 Å². The van der Waals surface area contributed by atoms with Crippen molar-refractivity contribution in [3.63, 3.8) is 0 Å². The van der Waals surface area contributed by atoms with E-state index in [1.165, 1.54) is 18.0 Å². The molecule has 2 atom stereocenters. The lowest BCUT2D eigenvalue weighted by Gasteiger charge is -2.24. The fraction of sp³-hybridized carbons (Fsp3) is 0.318. The molecule has 1 fully saturated rings. The summed E-state index contributed by atoms with van der Waals surface area (Å²) in [5.74, 6) is -1.54. The minimum atomic E-state index is -4.61. The van der Waals surface area contributed by atoms with Crippen LogP contribution in [0.1, 0.15) is 17.7 Å². The van der Waals surface area contributed by atoms with Crippen molar-refractivity contribution in [1.29, 1.82) is 0 Å². The highest BCUT2D eigenvalue weighted by atomic mass is 32.2. The number of alkyl halides is 4. The summed E-state index contributed by atoms with van der Waals surface area (Å²) in [5.41, 5.74) is -0.613. The lowest BCUT2D eigenvalue weighted by Crippen LogP contribution is -2.49. The zero-order valence-corrected chi connectivity index (χ0v) is 19.9. The Hall–Kier alpha value is -3.59. The summed E-state index contributed by atoms with van der Waals surface area (Å²) in [5, 5.41) is 6.55. The first kappa shape index (κ1) is 26.5. The molecule has 37 heavy (non-hydrogen) atoms. The van der Waals surface area contributed by atoms with Gasteiger partial charge in [0.1, 0.15) is 23.7 Å². The van der Waals surface area contributed by atoms with Crippen LogP contribution in [0.2, 0.25) is 0 Å². The van der Waals surface area contributed by atoms with E-state index in [2.05, 4.69) is 15.4 Å². The minimum absolute atomic E-state index is 0.0270. The summed E-state index contributed by atoms with van der Waals surface area (Å²) in [6, 6.07) is 4.22. The molecular weight excluding hydrogens is 525 g/mol. The van der Waals surface area contributed by atoms with Crippen LogP contribution in [0.4, 0.5) is 22.0 Å². The Balaban J connectivity index is 1.50. The molecule has 1 aromatic carbocycles. The van der Waals surface area contributed by atoms with Crippen molar-refractivity contribution in [1.82, 2.24) is 24.4 Å². The van der Waals surface area contributed by atoms with Gasteiger partial charge in [-0.2, -0.15) is 17.5 Å². The van der Waals surface area contributed by atoms with Crippen molar-refractivity contribution < 1.29 is 39.9 Å². The second-order valence-electron chi connectivity index (χ2n) is 8.04. The number of halogens is 5. The first-order valence-electron chi connectivity index (χ1n) is 10.8. The molecule has 0 bridgehead atoms. The number of hydrogen-bond acceptors (Lipinski definition) is 6. The number of benzene rings is 1. The summed E-state index contributed by atoms with van der Waals surface area (Å²) in [7, 11) is -3.00. The lowest BCUT2D eigenvalue weighted by molar-refractivity contribution is -0.141. The van der Waals surface area contributed by atoms with Gasteiger partial charge in [0, 0.05) is 19.3 Å². The van der Waals surface area contributed by atoms with Crippen molar-refractivity contribution in [3.8, 4) is 11.6 Å². The molecule has 2 aromatic heterocycles. The normalized spacial score (nSPS) is 18.6. The summed E-state index contributed by atoms with van der Waals surface area (Å²) in [6.45, 7) is -0.495. The average molecular weight is 545 g/mol. The Bertz CT molecular complexity index is 1380. The fourth-order valence-electron chi connectivity index (χ4n) is 3.83. The number of rotatable bonds is 7. The molecule has 0 aliphatic carbocycles. The van der Waals surface area contributed by atoms with E-state index >= 15 is 0 Å². The number of nitrogens with one attached hydrogen (secondary N) is 1. The van der Waals surface area contributed by atoms with E-state index in [0.717, 1.165) is 46.9 Å². The van der Waals surface area contributed by atoms with Crippen molar-refractivity contribution in [2.75, 3.05) is 13.7 Å². The van der Waals surface area contributed by atoms with E-state index in [-0.39, 0.29) is 41.5 Å². The van der Waals surface area contributed by atoms with Gasteiger partial charge in [0.15, 0.2) is 0 Å².